The third-order valence-corrected chi connectivity index (χ3v) is 4.95. The summed E-state index contributed by atoms with van der Waals surface area (Å²) in [5, 5.41) is 18.5. The van der Waals surface area contributed by atoms with Crippen LogP contribution in [-0.2, 0) is 4.79 Å². The lowest BCUT2D eigenvalue weighted by molar-refractivity contribution is -0.160. The molecule has 2 N–H and O–H groups in total. The van der Waals surface area contributed by atoms with Crippen molar-refractivity contribution >= 4 is 12.1 Å². The van der Waals surface area contributed by atoms with Gasteiger partial charge in [-0.2, -0.15) is 0 Å². The number of amides is 1. The molecule has 0 aromatic heterocycles. The minimum atomic E-state index is -1.23. The van der Waals surface area contributed by atoms with E-state index >= 15 is 0 Å². The summed E-state index contributed by atoms with van der Waals surface area (Å²) in [4.78, 5) is 23.6. The number of hydrogen-bond donors (Lipinski definition) is 2. The molecule has 2 bridgehead atoms. The van der Waals surface area contributed by atoms with Crippen molar-refractivity contribution in [3.8, 4) is 0 Å². The fourth-order valence-electron chi connectivity index (χ4n) is 3.94. The molecule has 0 unspecified atom stereocenters. The van der Waals surface area contributed by atoms with E-state index in [9.17, 15) is 24.2 Å². The van der Waals surface area contributed by atoms with E-state index in [1.165, 1.54) is 0 Å². The van der Waals surface area contributed by atoms with Crippen molar-refractivity contribution in [3.05, 3.63) is 0 Å². The lowest BCUT2D eigenvalue weighted by Gasteiger charge is -2.54. The smallest absolute Gasteiger partial charge is 0.408 e. The zero-order chi connectivity index (χ0) is 13.7. The minimum Gasteiger partial charge on any atom is -0.480 e. The Hall–Kier alpha value is -1.33. The molecule has 2 aliphatic heterocycles. The van der Waals surface area contributed by atoms with Crippen molar-refractivity contribution < 1.29 is 24.2 Å². The van der Waals surface area contributed by atoms with Crippen LogP contribution in [0.15, 0.2) is 0 Å². The molecule has 1 amide bonds. The number of nitrogens with zero attached hydrogens (tertiary/aromatic N) is 1. The molecule has 2 saturated carbocycles. The van der Waals surface area contributed by atoms with Crippen molar-refractivity contribution in [1.29, 1.82) is 0 Å². The maximum atomic E-state index is 14.5. The molecule has 6 heteroatoms. The first-order chi connectivity index (χ1) is 9.00. The Labute approximate surface area is 110 Å². The van der Waals surface area contributed by atoms with Gasteiger partial charge in [0.15, 0.2) is 0 Å². The van der Waals surface area contributed by atoms with E-state index in [0.717, 1.165) is 17.7 Å². The van der Waals surface area contributed by atoms with Gasteiger partial charge in [0.25, 0.3) is 0 Å². The maximum absolute atomic E-state index is 14.5. The monoisotopic (exact) mass is 271 g/mol. The zero-order valence-electron chi connectivity index (χ0n) is 10.5. The number of hydrogen-bond acceptors (Lipinski definition) is 2. The van der Waals surface area contributed by atoms with E-state index < -0.39 is 36.2 Å². The SMILES string of the molecule is O=C(O)[C@@H]1[C@@H]2CC[C@@H]([C@@H](CC3CC3)[C@H]2F)N1C(=O)O. The summed E-state index contributed by atoms with van der Waals surface area (Å²) in [6.07, 6.45) is 1.57. The Kier molecular flexibility index (Phi) is 2.91. The molecule has 4 rings (SSSR count). The Balaban J connectivity index is 1.89. The third-order valence-electron chi connectivity index (χ3n) is 4.95. The van der Waals surface area contributed by atoms with Crippen molar-refractivity contribution in [2.75, 3.05) is 0 Å². The summed E-state index contributed by atoms with van der Waals surface area (Å²) in [7, 11) is 0. The van der Waals surface area contributed by atoms with Gasteiger partial charge in [0.1, 0.15) is 12.2 Å². The molecule has 2 aliphatic carbocycles. The van der Waals surface area contributed by atoms with Crippen LogP contribution in [0, 0.1) is 17.8 Å². The van der Waals surface area contributed by atoms with Crippen LogP contribution in [0.3, 0.4) is 0 Å². The highest BCUT2D eigenvalue weighted by molar-refractivity contribution is 5.80. The van der Waals surface area contributed by atoms with E-state index in [0.29, 0.717) is 25.2 Å². The topological polar surface area (TPSA) is 77.8 Å². The van der Waals surface area contributed by atoms with Crippen LogP contribution in [0.25, 0.3) is 0 Å². The normalized spacial score (nSPS) is 41.3. The van der Waals surface area contributed by atoms with Gasteiger partial charge in [0, 0.05) is 17.9 Å². The van der Waals surface area contributed by atoms with E-state index in [1.807, 2.05) is 0 Å². The highest BCUT2D eigenvalue weighted by Gasteiger charge is 2.58. The maximum Gasteiger partial charge on any atom is 0.408 e. The van der Waals surface area contributed by atoms with E-state index in [1.54, 1.807) is 0 Å². The van der Waals surface area contributed by atoms with Crippen molar-refractivity contribution in [2.24, 2.45) is 17.8 Å². The van der Waals surface area contributed by atoms with Gasteiger partial charge >= 0.3 is 12.1 Å². The molecule has 5 atom stereocenters. The van der Waals surface area contributed by atoms with Crippen molar-refractivity contribution in [3.63, 3.8) is 0 Å². The predicted molar refractivity (Wildman–Crippen MR) is 63.5 cm³/mol. The number of carboxylic acids is 1. The molecule has 4 fully saturated rings. The number of fused-ring (bicyclic) bond motifs is 3. The number of halogens is 1. The Morgan fingerprint density at radius 3 is 2.37 bits per heavy atom. The number of piperidine rings is 2. The van der Waals surface area contributed by atoms with Crippen LogP contribution in [0.2, 0.25) is 0 Å². The van der Waals surface area contributed by atoms with Crippen LogP contribution in [0.1, 0.15) is 32.1 Å². The predicted octanol–water partition coefficient (Wildman–Crippen LogP) is 1.97. The van der Waals surface area contributed by atoms with Crippen molar-refractivity contribution in [2.45, 2.75) is 50.4 Å². The van der Waals surface area contributed by atoms with Crippen molar-refractivity contribution in [1.82, 2.24) is 4.90 Å². The zero-order valence-corrected chi connectivity index (χ0v) is 10.5. The van der Waals surface area contributed by atoms with E-state index in [2.05, 4.69) is 0 Å². The lowest BCUT2D eigenvalue weighted by atomic mass is 9.66. The lowest BCUT2D eigenvalue weighted by Crippen LogP contribution is -2.67. The molecular formula is C13H18FNO4. The Bertz CT molecular complexity index is 411. The number of rotatable bonds is 3. The number of alkyl halides is 1. The molecule has 2 saturated heterocycles. The molecule has 0 spiro atoms. The molecule has 5 nitrogen and oxygen atoms in total. The first kappa shape index (κ1) is 12.7. The Morgan fingerprint density at radius 1 is 1.16 bits per heavy atom. The molecule has 0 aromatic carbocycles. The van der Waals surface area contributed by atoms with Gasteiger partial charge < -0.3 is 10.2 Å². The molecule has 0 aromatic rings. The third kappa shape index (κ3) is 1.97. The number of carboxylic acid groups (broad SMARTS) is 2. The van der Waals surface area contributed by atoms with Gasteiger partial charge in [-0.05, 0) is 25.2 Å². The standard InChI is InChI=1S/C13H18FNO4/c14-10-7-3-4-9(8(10)5-6-1-2-6)15(13(18)19)11(7)12(16)17/h6-11H,1-5H2,(H,16,17)(H,18,19)/t7-,8-,9+,10+,11+/m1/s1. The highest BCUT2D eigenvalue weighted by Crippen LogP contribution is 2.49. The molecular weight excluding hydrogens is 253 g/mol. The average molecular weight is 271 g/mol. The fourth-order valence-corrected chi connectivity index (χ4v) is 3.94. The molecule has 106 valence electrons. The summed E-state index contributed by atoms with van der Waals surface area (Å²) in [6.45, 7) is 0. The summed E-state index contributed by atoms with van der Waals surface area (Å²) in [6, 6.07) is -1.67. The van der Waals surface area contributed by atoms with Gasteiger partial charge in [-0.1, -0.05) is 12.8 Å². The highest BCUT2D eigenvalue weighted by atomic mass is 19.1. The van der Waals surface area contributed by atoms with Crippen LogP contribution < -0.4 is 0 Å². The minimum absolute atomic E-state index is 0.307. The van der Waals surface area contributed by atoms with E-state index in [4.69, 9.17) is 0 Å². The molecule has 4 aliphatic rings. The first-order valence-electron chi connectivity index (χ1n) is 6.89. The second-order valence-electron chi connectivity index (χ2n) is 6.07. The first-order valence-corrected chi connectivity index (χ1v) is 6.89. The quantitative estimate of drug-likeness (QED) is 0.822. The largest absolute Gasteiger partial charge is 0.480 e. The summed E-state index contributed by atoms with van der Waals surface area (Å²) < 4.78 is 14.5. The second kappa shape index (κ2) is 4.35. The van der Waals surface area contributed by atoms with Crippen LogP contribution in [0.5, 0.6) is 0 Å². The molecule has 0 radical (unpaired) electrons. The second-order valence-corrected chi connectivity index (χ2v) is 6.07. The fraction of sp³-hybridized carbons (Fsp3) is 0.846. The molecule has 2 heterocycles. The average Bonchev–Trinajstić information content (AvgIpc) is 3.16. The van der Waals surface area contributed by atoms with E-state index in [-0.39, 0.29) is 5.92 Å². The van der Waals surface area contributed by atoms with Gasteiger partial charge in [0.2, 0.25) is 0 Å². The van der Waals surface area contributed by atoms with Crippen LogP contribution >= 0.6 is 0 Å². The van der Waals surface area contributed by atoms with Gasteiger partial charge in [-0.25, -0.2) is 14.0 Å². The van der Waals surface area contributed by atoms with Gasteiger partial charge in [-0.3, -0.25) is 4.90 Å². The van der Waals surface area contributed by atoms with Crippen LogP contribution in [0.4, 0.5) is 9.18 Å². The van der Waals surface area contributed by atoms with Crippen LogP contribution in [-0.4, -0.2) is 45.4 Å². The summed E-state index contributed by atoms with van der Waals surface area (Å²) in [5.74, 6) is -1.69. The summed E-state index contributed by atoms with van der Waals surface area (Å²) >= 11 is 0. The molecule has 19 heavy (non-hydrogen) atoms. The Morgan fingerprint density at radius 2 is 1.84 bits per heavy atom. The van der Waals surface area contributed by atoms with Gasteiger partial charge in [-0.15, -0.1) is 0 Å². The number of carbonyl (C=O) groups is 2. The summed E-state index contributed by atoms with van der Waals surface area (Å²) in [5.41, 5.74) is 0. The van der Waals surface area contributed by atoms with Gasteiger partial charge in [0.05, 0.1) is 0 Å². The number of aliphatic carboxylic acids is 1.